The number of halogens is 1. The first-order valence-electron chi connectivity index (χ1n) is 6.88. The lowest BCUT2D eigenvalue weighted by Gasteiger charge is -2.24. The van der Waals surface area contributed by atoms with Crippen LogP contribution in [0.2, 0.25) is 0 Å². The maximum absolute atomic E-state index is 4.48. The molecule has 1 aliphatic rings. The second-order valence-corrected chi connectivity index (χ2v) is 5.99. The van der Waals surface area contributed by atoms with Crippen LogP contribution in [0.5, 0.6) is 0 Å². The summed E-state index contributed by atoms with van der Waals surface area (Å²) in [4.78, 5) is 2.43. The number of fused-ring (bicyclic) bond motifs is 1. The molecule has 5 heteroatoms. The van der Waals surface area contributed by atoms with E-state index in [9.17, 15) is 0 Å². The van der Waals surface area contributed by atoms with Crippen LogP contribution in [-0.2, 0) is 20.1 Å². The van der Waals surface area contributed by atoms with Crippen LogP contribution < -0.4 is 10.2 Å². The van der Waals surface area contributed by atoms with Crippen molar-refractivity contribution in [1.29, 1.82) is 0 Å². The quantitative estimate of drug-likeness (QED) is 0.916. The van der Waals surface area contributed by atoms with Gasteiger partial charge < -0.3 is 10.2 Å². The zero-order chi connectivity index (χ0) is 14.1. The maximum Gasteiger partial charge on any atom is 0.0739 e. The van der Waals surface area contributed by atoms with E-state index in [4.69, 9.17) is 0 Å². The highest BCUT2D eigenvalue weighted by atomic mass is 79.9. The standard InChI is InChI=1S/C15H19BrN4/c1-11-15(16)14(19(2)18-11)10-20-8-7-17-9-12-5-3-4-6-13(12)20/h3-6,17H,7-10H2,1-2H3. The number of anilines is 1. The lowest BCUT2D eigenvalue weighted by atomic mass is 10.1. The molecule has 0 saturated carbocycles. The van der Waals surface area contributed by atoms with Crippen LogP contribution in [0.3, 0.4) is 0 Å². The van der Waals surface area contributed by atoms with E-state index in [0.717, 1.165) is 36.3 Å². The number of nitrogens with one attached hydrogen (secondary N) is 1. The highest BCUT2D eigenvalue weighted by Crippen LogP contribution is 2.27. The molecule has 1 aromatic heterocycles. The molecule has 2 heterocycles. The Kier molecular flexibility index (Phi) is 3.81. The Morgan fingerprint density at radius 1 is 1.35 bits per heavy atom. The van der Waals surface area contributed by atoms with E-state index in [2.05, 4.69) is 55.5 Å². The van der Waals surface area contributed by atoms with E-state index < -0.39 is 0 Å². The molecule has 0 radical (unpaired) electrons. The van der Waals surface area contributed by atoms with Crippen LogP contribution in [0, 0.1) is 6.92 Å². The summed E-state index contributed by atoms with van der Waals surface area (Å²) in [6.45, 7) is 5.86. The van der Waals surface area contributed by atoms with Crippen LogP contribution >= 0.6 is 15.9 Å². The monoisotopic (exact) mass is 334 g/mol. The molecule has 0 amide bonds. The number of hydrogen-bond acceptors (Lipinski definition) is 3. The number of aromatic nitrogens is 2. The van der Waals surface area contributed by atoms with Gasteiger partial charge in [-0.1, -0.05) is 18.2 Å². The number of rotatable bonds is 2. The highest BCUT2D eigenvalue weighted by Gasteiger charge is 2.18. The first kappa shape index (κ1) is 13.6. The van der Waals surface area contributed by atoms with Gasteiger partial charge in [0.05, 0.1) is 22.4 Å². The molecule has 1 aliphatic heterocycles. The Morgan fingerprint density at radius 2 is 2.15 bits per heavy atom. The van der Waals surface area contributed by atoms with E-state index in [1.807, 2.05) is 18.7 Å². The van der Waals surface area contributed by atoms with Crippen molar-refractivity contribution in [2.45, 2.75) is 20.0 Å². The van der Waals surface area contributed by atoms with Crippen LogP contribution in [0.4, 0.5) is 5.69 Å². The molecule has 4 nitrogen and oxygen atoms in total. The Hall–Kier alpha value is -1.33. The van der Waals surface area contributed by atoms with E-state index >= 15 is 0 Å². The van der Waals surface area contributed by atoms with E-state index in [1.165, 1.54) is 16.9 Å². The largest absolute Gasteiger partial charge is 0.364 e. The van der Waals surface area contributed by atoms with Gasteiger partial charge >= 0.3 is 0 Å². The first-order chi connectivity index (χ1) is 9.66. The van der Waals surface area contributed by atoms with Crippen LogP contribution in [0.1, 0.15) is 17.0 Å². The van der Waals surface area contributed by atoms with Gasteiger partial charge in [0.2, 0.25) is 0 Å². The molecule has 20 heavy (non-hydrogen) atoms. The third-order valence-electron chi connectivity index (χ3n) is 3.81. The average Bonchev–Trinajstić information content (AvgIpc) is 2.63. The molecule has 0 bridgehead atoms. The predicted octanol–water partition coefficient (Wildman–Crippen LogP) is 2.60. The fraction of sp³-hybridized carbons (Fsp3) is 0.400. The van der Waals surface area contributed by atoms with Crippen molar-refractivity contribution in [2.24, 2.45) is 7.05 Å². The number of hydrogen-bond donors (Lipinski definition) is 1. The normalized spacial score (nSPS) is 15.1. The minimum Gasteiger partial charge on any atom is -0.364 e. The molecule has 0 fully saturated rings. The van der Waals surface area contributed by atoms with Gasteiger partial charge in [0.25, 0.3) is 0 Å². The van der Waals surface area contributed by atoms with Crippen LogP contribution in [0.15, 0.2) is 28.7 Å². The van der Waals surface area contributed by atoms with E-state index in [-0.39, 0.29) is 0 Å². The number of benzene rings is 1. The molecule has 0 atom stereocenters. The number of nitrogens with zero attached hydrogens (tertiary/aromatic N) is 3. The smallest absolute Gasteiger partial charge is 0.0739 e. The van der Waals surface area contributed by atoms with Crippen molar-refractivity contribution in [1.82, 2.24) is 15.1 Å². The van der Waals surface area contributed by atoms with Crippen molar-refractivity contribution in [3.63, 3.8) is 0 Å². The molecule has 0 saturated heterocycles. The van der Waals surface area contributed by atoms with Gasteiger partial charge in [0.15, 0.2) is 0 Å². The van der Waals surface area contributed by atoms with Crippen molar-refractivity contribution in [3.05, 3.63) is 45.7 Å². The Morgan fingerprint density at radius 3 is 2.90 bits per heavy atom. The van der Waals surface area contributed by atoms with Gasteiger partial charge in [0.1, 0.15) is 0 Å². The Balaban J connectivity index is 1.94. The third-order valence-corrected chi connectivity index (χ3v) is 4.84. The summed E-state index contributed by atoms with van der Waals surface area (Å²) in [6.07, 6.45) is 0. The summed E-state index contributed by atoms with van der Waals surface area (Å²) in [6, 6.07) is 8.62. The average molecular weight is 335 g/mol. The van der Waals surface area contributed by atoms with Gasteiger partial charge in [0, 0.05) is 32.4 Å². The lowest BCUT2D eigenvalue weighted by molar-refractivity contribution is 0.654. The molecular weight excluding hydrogens is 316 g/mol. The van der Waals surface area contributed by atoms with Crippen LogP contribution in [0.25, 0.3) is 0 Å². The summed E-state index contributed by atoms with van der Waals surface area (Å²) >= 11 is 3.66. The summed E-state index contributed by atoms with van der Waals surface area (Å²) in [7, 11) is 2.01. The molecule has 1 aromatic carbocycles. The van der Waals surface area contributed by atoms with Crippen molar-refractivity contribution < 1.29 is 0 Å². The van der Waals surface area contributed by atoms with Crippen molar-refractivity contribution in [2.75, 3.05) is 18.0 Å². The fourth-order valence-electron chi connectivity index (χ4n) is 2.72. The molecule has 1 N–H and O–H groups in total. The summed E-state index contributed by atoms with van der Waals surface area (Å²) < 4.78 is 3.09. The van der Waals surface area contributed by atoms with Gasteiger partial charge in [-0.05, 0) is 34.5 Å². The lowest BCUT2D eigenvalue weighted by Crippen LogP contribution is -2.29. The first-order valence-corrected chi connectivity index (χ1v) is 7.67. The Labute approximate surface area is 127 Å². The van der Waals surface area contributed by atoms with Gasteiger partial charge in [-0.3, -0.25) is 4.68 Å². The van der Waals surface area contributed by atoms with Gasteiger partial charge in [-0.15, -0.1) is 0 Å². The van der Waals surface area contributed by atoms with E-state index in [0.29, 0.717) is 0 Å². The Bertz CT molecular complexity index is 620. The number of aryl methyl sites for hydroxylation is 2. The highest BCUT2D eigenvalue weighted by molar-refractivity contribution is 9.10. The van der Waals surface area contributed by atoms with Crippen molar-refractivity contribution >= 4 is 21.6 Å². The molecule has 3 rings (SSSR count). The molecule has 0 unspecified atom stereocenters. The minimum absolute atomic E-state index is 0.872. The minimum atomic E-state index is 0.872. The fourth-order valence-corrected chi connectivity index (χ4v) is 3.18. The SMILES string of the molecule is Cc1nn(C)c(CN2CCNCc3ccccc32)c1Br. The second-order valence-electron chi connectivity index (χ2n) is 5.20. The summed E-state index contributed by atoms with van der Waals surface area (Å²) in [5, 5.41) is 7.96. The molecule has 0 spiro atoms. The summed E-state index contributed by atoms with van der Waals surface area (Å²) in [5.74, 6) is 0. The zero-order valence-electron chi connectivity index (χ0n) is 11.9. The number of para-hydroxylation sites is 1. The molecule has 106 valence electrons. The third kappa shape index (κ3) is 2.47. The van der Waals surface area contributed by atoms with Gasteiger partial charge in [-0.25, -0.2) is 0 Å². The van der Waals surface area contributed by atoms with Crippen molar-refractivity contribution in [3.8, 4) is 0 Å². The second kappa shape index (κ2) is 5.58. The predicted molar refractivity (Wildman–Crippen MR) is 84.8 cm³/mol. The molecular formula is C15H19BrN4. The van der Waals surface area contributed by atoms with Crippen LogP contribution in [-0.4, -0.2) is 22.9 Å². The molecule has 0 aliphatic carbocycles. The molecule has 2 aromatic rings. The van der Waals surface area contributed by atoms with Gasteiger partial charge in [-0.2, -0.15) is 5.10 Å². The maximum atomic E-state index is 4.48. The van der Waals surface area contributed by atoms with E-state index in [1.54, 1.807) is 0 Å². The zero-order valence-corrected chi connectivity index (χ0v) is 13.4. The topological polar surface area (TPSA) is 33.1 Å². The summed E-state index contributed by atoms with van der Waals surface area (Å²) in [5.41, 5.74) is 4.95.